The Bertz CT molecular complexity index is 310. The number of nitrogens with zero attached hydrogens (tertiary/aromatic N) is 2. The molecule has 0 radical (unpaired) electrons. The fourth-order valence-electron chi connectivity index (χ4n) is 1.19. The predicted octanol–water partition coefficient (Wildman–Crippen LogP) is 1.57. The summed E-state index contributed by atoms with van der Waals surface area (Å²) in [5, 5.41) is 17.5. The topological polar surface area (TPSA) is 46.0 Å². The fourth-order valence-corrected chi connectivity index (χ4v) is 1.19. The van der Waals surface area contributed by atoms with Crippen molar-refractivity contribution in [2.45, 2.75) is 26.4 Å². The van der Waals surface area contributed by atoms with E-state index in [1.54, 1.807) is 0 Å². The largest absolute Gasteiger partial charge is 0.384 e. The van der Waals surface area contributed by atoms with Gasteiger partial charge in [-0.15, -0.1) is 6.58 Å². The molecular formula is C10H14N2O. The zero-order valence-electron chi connectivity index (χ0n) is 7.99. The van der Waals surface area contributed by atoms with Gasteiger partial charge in [0.25, 0.3) is 0 Å². The smallest absolute Gasteiger partial charge is 0.0988 e. The first-order valence-electron chi connectivity index (χ1n) is 4.32. The summed E-state index contributed by atoms with van der Waals surface area (Å²) in [7, 11) is 0. The van der Waals surface area contributed by atoms with Crippen LogP contribution in [0.3, 0.4) is 0 Å². The van der Waals surface area contributed by atoms with Crippen LogP contribution in [0, 0.1) is 6.92 Å². The Morgan fingerprint density at radius 1 is 1.62 bits per heavy atom. The molecule has 0 saturated carbocycles. The molecule has 0 aliphatic heterocycles. The van der Waals surface area contributed by atoms with Gasteiger partial charge in [0, 0.05) is 5.56 Å². The standard InChI is InChI=1S/C10H14N2O/c1-4-9-8(10(13)5-2)6-7(3)11-12-9/h5-6,10,13H,2,4H2,1,3H3. The van der Waals surface area contributed by atoms with Crippen LogP contribution < -0.4 is 0 Å². The second kappa shape index (κ2) is 4.14. The molecule has 13 heavy (non-hydrogen) atoms. The second-order valence-electron chi connectivity index (χ2n) is 2.92. The molecule has 3 heteroatoms. The van der Waals surface area contributed by atoms with Crippen LogP contribution in [0.5, 0.6) is 0 Å². The minimum Gasteiger partial charge on any atom is -0.384 e. The lowest BCUT2D eigenvalue weighted by atomic mass is 10.1. The van der Waals surface area contributed by atoms with Crippen LogP contribution in [0.25, 0.3) is 0 Å². The number of rotatable bonds is 3. The molecule has 1 aromatic rings. The molecule has 0 aliphatic carbocycles. The van der Waals surface area contributed by atoms with E-state index < -0.39 is 6.10 Å². The third-order valence-corrected chi connectivity index (χ3v) is 1.90. The van der Waals surface area contributed by atoms with Gasteiger partial charge < -0.3 is 5.11 Å². The SMILES string of the molecule is C=CC(O)c1cc(C)nnc1CC. The molecule has 1 rings (SSSR count). The first-order chi connectivity index (χ1) is 6.19. The predicted molar refractivity (Wildman–Crippen MR) is 51.3 cm³/mol. The maximum Gasteiger partial charge on any atom is 0.0988 e. The first kappa shape index (κ1) is 9.86. The van der Waals surface area contributed by atoms with E-state index in [0.717, 1.165) is 23.4 Å². The average Bonchev–Trinajstić information content (AvgIpc) is 2.16. The molecule has 3 nitrogen and oxygen atoms in total. The minimum absolute atomic E-state index is 0.635. The monoisotopic (exact) mass is 178 g/mol. The maximum atomic E-state index is 9.58. The van der Waals surface area contributed by atoms with Crippen LogP contribution in [0.2, 0.25) is 0 Å². The van der Waals surface area contributed by atoms with Crippen LogP contribution in [0.15, 0.2) is 18.7 Å². The number of aliphatic hydroxyl groups is 1. The van der Waals surface area contributed by atoms with Gasteiger partial charge >= 0.3 is 0 Å². The zero-order valence-corrected chi connectivity index (χ0v) is 7.99. The number of hydrogen-bond acceptors (Lipinski definition) is 3. The Labute approximate surface area is 78.1 Å². The summed E-state index contributed by atoms with van der Waals surface area (Å²) < 4.78 is 0. The summed E-state index contributed by atoms with van der Waals surface area (Å²) in [6.07, 6.45) is 1.63. The summed E-state index contributed by atoms with van der Waals surface area (Å²) >= 11 is 0. The van der Waals surface area contributed by atoms with Crippen molar-refractivity contribution in [3.63, 3.8) is 0 Å². The molecule has 70 valence electrons. The van der Waals surface area contributed by atoms with Gasteiger partial charge in [0.15, 0.2) is 0 Å². The fraction of sp³-hybridized carbons (Fsp3) is 0.400. The summed E-state index contributed by atoms with van der Waals surface area (Å²) in [4.78, 5) is 0. The highest BCUT2D eigenvalue weighted by molar-refractivity contribution is 5.25. The number of aryl methyl sites for hydroxylation is 2. The molecule has 0 aliphatic rings. The Morgan fingerprint density at radius 3 is 2.85 bits per heavy atom. The van der Waals surface area contributed by atoms with E-state index >= 15 is 0 Å². The summed E-state index contributed by atoms with van der Waals surface area (Å²) in [6.45, 7) is 7.38. The molecule has 1 aromatic heterocycles. The van der Waals surface area contributed by atoms with Gasteiger partial charge in [-0.3, -0.25) is 0 Å². The number of hydrogen-bond donors (Lipinski definition) is 1. The average molecular weight is 178 g/mol. The normalized spacial score (nSPS) is 12.5. The Balaban J connectivity index is 3.14. The van der Waals surface area contributed by atoms with E-state index in [1.165, 1.54) is 6.08 Å². The molecule has 1 atom stereocenters. The highest BCUT2D eigenvalue weighted by Crippen LogP contribution is 2.17. The van der Waals surface area contributed by atoms with Crippen molar-refractivity contribution in [1.29, 1.82) is 0 Å². The molecule has 0 amide bonds. The van der Waals surface area contributed by atoms with Crippen molar-refractivity contribution in [3.8, 4) is 0 Å². The summed E-state index contributed by atoms with van der Waals surface area (Å²) in [6, 6.07) is 1.85. The van der Waals surface area contributed by atoms with Gasteiger partial charge in [0.2, 0.25) is 0 Å². The van der Waals surface area contributed by atoms with Crippen LogP contribution >= 0.6 is 0 Å². The lowest BCUT2D eigenvalue weighted by Crippen LogP contribution is -2.04. The lowest BCUT2D eigenvalue weighted by molar-refractivity contribution is 0.227. The van der Waals surface area contributed by atoms with Crippen LogP contribution in [-0.2, 0) is 6.42 Å². The molecule has 0 fully saturated rings. The zero-order chi connectivity index (χ0) is 9.84. The van der Waals surface area contributed by atoms with Gasteiger partial charge in [-0.25, -0.2) is 0 Å². The second-order valence-corrected chi connectivity index (χ2v) is 2.92. The van der Waals surface area contributed by atoms with Crippen LogP contribution in [0.4, 0.5) is 0 Å². The molecular weight excluding hydrogens is 164 g/mol. The third kappa shape index (κ3) is 2.12. The van der Waals surface area contributed by atoms with E-state index in [0.29, 0.717) is 0 Å². The van der Waals surface area contributed by atoms with E-state index in [9.17, 15) is 5.11 Å². The van der Waals surface area contributed by atoms with Gasteiger partial charge in [-0.2, -0.15) is 10.2 Å². The molecule has 0 saturated heterocycles. The van der Waals surface area contributed by atoms with Gasteiger partial charge in [0.05, 0.1) is 17.5 Å². The van der Waals surface area contributed by atoms with Crippen molar-refractivity contribution in [2.24, 2.45) is 0 Å². The van der Waals surface area contributed by atoms with Crippen molar-refractivity contribution < 1.29 is 5.11 Å². The lowest BCUT2D eigenvalue weighted by Gasteiger charge is -2.09. The van der Waals surface area contributed by atoms with E-state index in [-0.39, 0.29) is 0 Å². The number of aromatic nitrogens is 2. The minimum atomic E-state index is -0.635. The summed E-state index contributed by atoms with van der Waals surface area (Å²) in [5.41, 5.74) is 2.45. The van der Waals surface area contributed by atoms with Gasteiger partial charge in [-0.1, -0.05) is 13.0 Å². The van der Waals surface area contributed by atoms with Crippen molar-refractivity contribution in [3.05, 3.63) is 35.7 Å². The van der Waals surface area contributed by atoms with E-state index in [4.69, 9.17) is 0 Å². The first-order valence-corrected chi connectivity index (χ1v) is 4.32. The molecule has 0 spiro atoms. The van der Waals surface area contributed by atoms with E-state index in [1.807, 2.05) is 19.9 Å². The molecule has 0 aromatic carbocycles. The van der Waals surface area contributed by atoms with E-state index in [2.05, 4.69) is 16.8 Å². The highest BCUT2D eigenvalue weighted by Gasteiger charge is 2.09. The van der Waals surface area contributed by atoms with Crippen molar-refractivity contribution in [1.82, 2.24) is 10.2 Å². The molecule has 1 N–H and O–H groups in total. The summed E-state index contributed by atoms with van der Waals surface area (Å²) in [5.74, 6) is 0. The molecule has 0 bridgehead atoms. The van der Waals surface area contributed by atoms with Crippen LogP contribution in [-0.4, -0.2) is 15.3 Å². The van der Waals surface area contributed by atoms with Gasteiger partial charge in [-0.05, 0) is 19.4 Å². The van der Waals surface area contributed by atoms with Crippen molar-refractivity contribution in [2.75, 3.05) is 0 Å². The third-order valence-electron chi connectivity index (χ3n) is 1.90. The Hall–Kier alpha value is -1.22. The molecule has 1 unspecified atom stereocenters. The highest BCUT2D eigenvalue weighted by atomic mass is 16.3. The Morgan fingerprint density at radius 2 is 2.31 bits per heavy atom. The van der Waals surface area contributed by atoms with Crippen LogP contribution in [0.1, 0.15) is 30.0 Å². The molecule has 1 heterocycles. The maximum absolute atomic E-state index is 9.58. The quantitative estimate of drug-likeness (QED) is 0.714. The van der Waals surface area contributed by atoms with Crippen molar-refractivity contribution >= 4 is 0 Å². The Kier molecular flexibility index (Phi) is 3.14. The van der Waals surface area contributed by atoms with Gasteiger partial charge in [0.1, 0.15) is 0 Å². The number of aliphatic hydroxyl groups excluding tert-OH is 1.